The zero-order valence-electron chi connectivity index (χ0n) is 13.3. The van der Waals surface area contributed by atoms with Crippen molar-refractivity contribution in [1.82, 2.24) is 15.1 Å². The molecule has 6 heteroatoms. The molecule has 0 bridgehead atoms. The van der Waals surface area contributed by atoms with Gasteiger partial charge in [-0.15, -0.1) is 0 Å². The lowest BCUT2D eigenvalue weighted by Gasteiger charge is -2.10. The fourth-order valence-electron chi connectivity index (χ4n) is 2.67. The van der Waals surface area contributed by atoms with Gasteiger partial charge in [0.25, 0.3) is 5.89 Å². The summed E-state index contributed by atoms with van der Waals surface area (Å²) in [6.07, 6.45) is 3.52. The van der Waals surface area contributed by atoms with Crippen LogP contribution in [0, 0.1) is 0 Å². The SMILES string of the molecule is C[C@H](OC(=O)Cc1cccc2cccnc12)c1nc(C2CC2)no1. The predicted octanol–water partition coefficient (Wildman–Crippen LogP) is 3.34. The minimum atomic E-state index is -0.555. The molecule has 2 heterocycles. The van der Waals surface area contributed by atoms with Crippen molar-refractivity contribution in [3.05, 3.63) is 53.8 Å². The number of ether oxygens (including phenoxy) is 1. The van der Waals surface area contributed by atoms with E-state index in [1.807, 2.05) is 30.3 Å². The van der Waals surface area contributed by atoms with Crippen LogP contribution in [0.1, 0.15) is 49.1 Å². The van der Waals surface area contributed by atoms with E-state index in [0.29, 0.717) is 17.6 Å². The molecular weight excluding hydrogens is 306 g/mol. The lowest BCUT2D eigenvalue weighted by Crippen LogP contribution is -2.12. The third kappa shape index (κ3) is 2.99. The Hall–Kier alpha value is -2.76. The second-order valence-corrected chi connectivity index (χ2v) is 6.07. The molecule has 0 spiro atoms. The minimum Gasteiger partial charge on any atom is -0.452 e. The quantitative estimate of drug-likeness (QED) is 0.670. The molecule has 24 heavy (non-hydrogen) atoms. The molecule has 1 saturated carbocycles. The van der Waals surface area contributed by atoms with Gasteiger partial charge in [0.05, 0.1) is 11.9 Å². The Morgan fingerprint density at radius 2 is 2.17 bits per heavy atom. The summed E-state index contributed by atoms with van der Waals surface area (Å²) in [5.74, 6) is 1.13. The summed E-state index contributed by atoms with van der Waals surface area (Å²) in [5, 5.41) is 4.95. The average Bonchev–Trinajstić information content (AvgIpc) is 3.32. The van der Waals surface area contributed by atoms with Crippen LogP contribution < -0.4 is 0 Å². The number of benzene rings is 1. The average molecular weight is 323 g/mol. The molecule has 1 aromatic carbocycles. The first-order chi connectivity index (χ1) is 11.7. The van der Waals surface area contributed by atoms with E-state index in [1.165, 1.54) is 0 Å². The van der Waals surface area contributed by atoms with E-state index in [1.54, 1.807) is 13.1 Å². The lowest BCUT2D eigenvalue weighted by atomic mass is 10.1. The summed E-state index contributed by atoms with van der Waals surface area (Å²) < 4.78 is 10.6. The van der Waals surface area contributed by atoms with Crippen molar-refractivity contribution >= 4 is 16.9 Å². The Morgan fingerprint density at radius 3 is 3.00 bits per heavy atom. The molecule has 122 valence electrons. The molecule has 0 saturated heterocycles. The second kappa shape index (κ2) is 6.03. The van der Waals surface area contributed by atoms with Crippen LogP contribution in [-0.2, 0) is 16.0 Å². The van der Waals surface area contributed by atoms with E-state index < -0.39 is 6.10 Å². The number of fused-ring (bicyclic) bond motifs is 1. The van der Waals surface area contributed by atoms with Crippen LogP contribution in [0.15, 0.2) is 41.1 Å². The van der Waals surface area contributed by atoms with Gasteiger partial charge in [0.1, 0.15) is 0 Å². The number of nitrogens with zero attached hydrogens (tertiary/aromatic N) is 3. The number of pyridine rings is 1. The number of carbonyl (C=O) groups excluding carboxylic acids is 1. The third-order valence-corrected chi connectivity index (χ3v) is 4.11. The Labute approximate surface area is 138 Å². The van der Waals surface area contributed by atoms with E-state index in [9.17, 15) is 4.79 Å². The first-order valence-corrected chi connectivity index (χ1v) is 8.06. The molecule has 1 atom stereocenters. The van der Waals surface area contributed by atoms with Crippen molar-refractivity contribution in [3.63, 3.8) is 0 Å². The maximum atomic E-state index is 12.3. The number of hydrogen-bond acceptors (Lipinski definition) is 6. The van der Waals surface area contributed by atoms with Gasteiger partial charge in [-0.3, -0.25) is 9.78 Å². The number of rotatable bonds is 5. The summed E-state index contributed by atoms with van der Waals surface area (Å²) in [6, 6.07) is 9.62. The topological polar surface area (TPSA) is 78.1 Å². The molecule has 0 amide bonds. The Bertz CT molecular complexity index is 881. The van der Waals surface area contributed by atoms with Gasteiger partial charge in [-0.2, -0.15) is 4.98 Å². The molecule has 1 aliphatic carbocycles. The molecular formula is C18H17N3O3. The fourth-order valence-corrected chi connectivity index (χ4v) is 2.67. The number of carbonyl (C=O) groups is 1. The summed E-state index contributed by atoms with van der Waals surface area (Å²) in [5.41, 5.74) is 1.66. The molecule has 4 rings (SSSR count). The van der Waals surface area contributed by atoms with Crippen LogP contribution in [0.4, 0.5) is 0 Å². The highest BCUT2D eigenvalue weighted by molar-refractivity contribution is 5.85. The molecule has 0 unspecified atom stereocenters. The molecule has 1 aliphatic rings. The third-order valence-electron chi connectivity index (χ3n) is 4.11. The first kappa shape index (κ1) is 14.8. The monoisotopic (exact) mass is 323 g/mol. The van der Waals surface area contributed by atoms with Gasteiger partial charge in [0.2, 0.25) is 0 Å². The predicted molar refractivity (Wildman–Crippen MR) is 86.2 cm³/mol. The highest BCUT2D eigenvalue weighted by atomic mass is 16.6. The molecule has 3 aromatic rings. The lowest BCUT2D eigenvalue weighted by molar-refractivity contribution is -0.148. The molecule has 1 fully saturated rings. The number of para-hydroxylation sites is 1. The highest BCUT2D eigenvalue weighted by Gasteiger charge is 2.30. The van der Waals surface area contributed by atoms with Gasteiger partial charge < -0.3 is 9.26 Å². The van der Waals surface area contributed by atoms with E-state index in [4.69, 9.17) is 9.26 Å². The van der Waals surface area contributed by atoms with E-state index in [0.717, 1.165) is 29.3 Å². The van der Waals surface area contributed by atoms with E-state index in [-0.39, 0.29) is 12.4 Å². The van der Waals surface area contributed by atoms with Crippen LogP contribution in [0.2, 0.25) is 0 Å². The first-order valence-electron chi connectivity index (χ1n) is 8.06. The van der Waals surface area contributed by atoms with Crippen molar-refractivity contribution in [2.75, 3.05) is 0 Å². The molecule has 0 N–H and O–H groups in total. The van der Waals surface area contributed by atoms with Gasteiger partial charge in [0.15, 0.2) is 11.9 Å². The maximum absolute atomic E-state index is 12.3. The summed E-state index contributed by atoms with van der Waals surface area (Å²) in [6.45, 7) is 1.74. The Balaban J connectivity index is 1.45. The zero-order chi connectivity index (χ0) is 16.5. The maximum Gasteiger partial charge on any atom is 0.311 e. The van der Waals surface area contributed by atoms with Gasteiger partial charge in [-0.25, -0.2) is 0 Å². The standard InChI is InChI=1S/C18H17N3O3/c1-11(18-20-17(21-24-18)13-7-8-13)23-15(22)10-14-5-2-4-12-6-3-9-19-16(12)14/h2-6,9,11,13H,7-8,10H2,1H3/t11-/m0/s1. The van der Waals surface area contributed by atoms with Crippen molar-refractivity contribution in [2.45, 2.75) is 38.2 Å². The van der Waals surface area contributed by atoms with Gasteiger partial charge in [-0.1, -0.05) is 29.4 Å². The van der Waals surface area contributed by atoms with E-state index in [2.05, 4.69) is 15.1 Å². The summed E-state index contributed by atoms with van der Waals surface area (Å²) in [7, 11) is 0. The van der Waals surface area contributed by atoms with Crippen LogP contribution in [0.5, 0.6) is 0 Å². The van der Waals surface area contributed by atoms with Crippen molar-refractivity contribution in [1.29, 1.82) is 0 Å². The zero-order valence-corrected chi connectivity index (χ0v) is 13.3. The Kier molecular flexibility index (Phi) is 3.72. The van der Waals surface area contributed by atoms with Gasteiger partial charge in [0, 0.05) is 17.5 Å². The smallest absolute Gasteiger partial charge is 0.311 e. The molecule has 0 aliphatic heterocycles. The van der Waals surface area contributed by atoms with Gasteiger partial charge in [-0.05, 0) is 31.4 Å². The fraction of sp³-hybridized carbons (Fsp3) is 0.333. The van der Waals surface area contributed by atoms with Crippen molar-refractivity contribution in [2.24, 2.45) is 0 Å². The van der Waals surface area contributed by atoms with Crippen LogP contribution in [-0.4, -0.2) is 21.1 Å². The Morgan fingerprint density at radius 1 is 1.33 bits per heavy atom. The summed E-state index contributed by atoms with van der Waals surface area (Å²) in [4.78, 5) is 20.9. The van der Waals surface area contributed by atoms with Crippen LogP contribution in [0.25, 0.3) is 10.9 Å². The number of hydrogen-bond donors (Lipinski definition) is 0. The highest BCUT2D eigenvalue weighted by Crippen LogP contribution is 2.38. The molecule has 6 nitrogen and oxygen atoms in total. The van der Waals surface area contributed by atoms with Crippen LogP contribution in [0.3, 0.4) is 0 Å². The number of esters is 1. The van der Waals surface area contributed by atoms with E-state index >= 15 is 0 Å². The molecule has 2 aromatic heterocycles. The van der Waals surface area contributed by atoms with Crippen molar-refractivity contribution < 1.29 is 14.1 Å². The normalized spacial score (nSPS) is 15.4. The van der Waals surface area contributed by atoms with Crippen LogP contribution >= 0.6 is 0 Å². The number of aromatic nitrogens is 3. The largest absolute Gasteiger partial charge is 0.452 e. The second-order valence-electron chi connectivity index (χ2n) is 6.07. The molecule has 0 radical (unpaired) electrons. The van der Waals surface area contributed by atoms with Gasteiger partial charge >= 0.3 is 5.97 Å². The van der Waals surface area contributed by atoms with Crippen molar-refractivity contribution in [3.8, 4) is 0 Å². The summed E-state index contributed by atoms with van der Waals surface area (Å²) >= 11 is 0. The minimum absolute atomic E-state index is 0.155.